The van der Waals surface area contributed by atoms with E-state index in [2.05, 4.69) is 5.32 Å². The van der Waals surface area contributed by atoms with E-state index in [1.165, 1.54) is 6.07 Å². The molecule has 1 aromatic rings. The maximum absolute atomic E-state index is 12.5. The third kappa shape index (κ3) is 3.26. The molecule has 0 saturated carbocycles. The number of anilines is 1. The highest BCUT2D eigenvalue weighted by Gasteiger charge is 2.55. The Morgan fingerprint density at radius 2 is 1.95 bits per heavy atom. The van der Waals surface area contributed by atoms with Crippen LogP contribution in [0.1, 0.15) is 25.0 Å². The van der Waals surface area contributed by atoms with Gasteiger partial charge in [0, 0.05) is 5.69 Å². The van der Waals surface area contributed by atoms with Crippen LogP contribution in [0.5, 0.6) is 0 Å². The van der Waals surface area contributed by atoms with Crippen molar-refractivity contribution in [3.05, 3.63) is 29.3 Å². The number of rotatable bonds is 3. The van der Waals surface area contributed by atoms with Crippen LogP contribution >= 0.6 is 0 Å². The van der Waals surface area contributed by atoms with Gasteiger partial charge in [-0.05, 0) is 37.5 Å². The molecule has 0 spiro atoms. The fourth-order valence-electron chi connectivity index (χ4n) is 1.46. The van der Waals surface area contributed by atoms with Crippen molar-refractivity contribution >= 4 is 11.6 Å². The van der Waals surface area contributed by atoms with Gasteiger partial charge in [-0.15, -0.1) is 0 Å². The summed E-state index contributed by atoms with van der Waals surface area (Å²) in [4.78, 5) is 11.5. The number of amides is 1. The van der Waals surface area contributed by atoms with E-state index >= 15 is 0 Å². The normalized spacial score (nSPS) is 14.9. The van der Waals surface area contributed by atoms with Crippen LogP contribution in [0.25, 0.3) is 0 Å². The standard InChI is InChI=1S/C13H16F3NO2/c1-4-9-5-6-10(8(2)7-9)17-11(18)12(3,19)13(14,15)16/h5-7,19H,4H2,1-3H3,(H,17,18). The molecule has 0 saturated heterocycles. The van der Waals surface area contributed by atoms with Crippen molar-refractivity contribution in [2.75, 3.05) is 5.32 Å². The van der Waals surface area contributed by atoms with E-state index < -0.39 is 17.7 Å². The summed E-state index contributed by atoms with van der Waals surface area (Å²) in [6, 6.07) is 5.02. The van der Waals surface area contributed by atoms with Crippen molar-refractivity contribution in [3.63, 3.8) is 0 Å². The second-order valence-corrected chi connectivity index (χ2v) is 4.53. The lowest BCUT2D eigenvalue weighted by Crippen LogP contribution is -2.52. The van der Waals surface area contributed by atoms with Crippen LogP contribution in [-0.2, 0) is 11.2 Å². The van der Waals surface area contributed by atoms with E-state index in [0.717, 1.165) is 12.0 Å². The van der Waals surface area contributed by atoms with Gasteiger partial charge in [0.25, 0.3) is 5.91 Å². The molecule has 6 heteroatoms. The smallest absolute Gasteiger partial charge is 0.373 e. The van der Waals surface area contributed by atoms with Gasteiger partial charge in [0.2, 0.25) is 5.60 Å². The molecular formula is C13H16F3NO2. The molecule has 19 heavy (non-hydrogen) atoms. The molecule has 0 radical (unpaired) electrons. The van der Waals surface area contributed by atoms with Crippen LogP contribution in [0.2, 0.25) is 0 Å². The molecule has 1 atom stereocenters. The largest absolute Gasteiger partial charge is 0.426 e. The Kier molecular flexibility index (Phi) is 4.25. The van der Waals surface area contributed by atoms with Gasteiger partial charge in [-0.2, -0.15) is 13.2 Å². The maximum atomic E-state index is 12.5. The van der Waals surface area contributed by atoms with Crippen LogP contribution in [0.15, 0.2) is 18.2 Å². The van der Waals surface area contributed by atoms with Gasteiger partial charge in [0.05, 0.1) is 0 Å². The lowest BCUT2D eigenvalue weighted by Gasteiger charge is -2.25. The van der Waals surface area contributed by atoms with Gasteiger partial charge in [-0.1, -0.05) is 19.1 Å². The molecule has 0 fully saturated rings. The fraction of sp³-hybridized carbons (Fsp3) is 0.462. The first kappa shape index (κ1) is 15.5. The van der Waals surface area contributed by atoms with Crippen LogP contribution in [0, 0.1) is 6.92 Å². The lowest BCUT2D eigenvalue weighted by molar-refractivity contribution is -0.242. The molecule has 0 aromatic heterocycles. The van der Waals surface area contributed by atoms with Gasteiger partial charge in [0.15, 0.2) is 0 Å². The van der Waals surface area contributed by atoms with Crippen molar-refractivity contribution in [2.24, 2.45) is 0 Å². The minimum atomic E-state index is -5.02. The van der Waals surface area contributed by atoms with E-state index in [1.807, 2.05) is 6.92 Å². The monoisotopic (exact) mass is 275 g/mol. The summed E-state index contributed by atoms with van der Waals surface area (Å²) >= 11 is 0. The molecule has 1 unspecified atom stereocenters. The first-order valence-electron chi connectivity index (χ1n) is 5.79. The Bertz CT molecular complexity index is 481. The van der Waals surface area contributed by atoms with Crippen molar-refractivity contribution in [1.29, 1.82) is 0 Å². The lowest BCUT2D eigenvalue weighted by atomic mass is 10.0. The molecule has 106 valence electrons. The second kappa shape index (κ2) is 5.21. The molecule has 1 aromatic carbocycles. The number of alkyl halides is 3. The van der Waals surface area contributed by atoms with Crippen molar-refractivity contribution < 1.29 is 23.1 Å². The highest BCUT2D eigenvalue weighted by atomic mass is 19.4. The highest BCUT2D eigenvalue weighted by molar-refractivity contribution is 5.98. The van der Waals surface area contributed by atoms with Crippen molar-refractivity contribution in [3.8, 4) is 0 Å². The maximum Gasteiger partial charge on any atom is 0.426 e. The Balaban J connectivity index is 2.95. The molecular weight excluding hydrogens is 259 g/mol. The van der Waals surface area contributed by atoms with Gasteiger partial charge in [-0.25, -0.2) is 0 Å². The Labute approximate surface area is 109 Å². The van der Waals surface area contributed by atoms with E-state index in [4.69, 9.17) is 0 Å². The van der Waals surface area contributed by atoms with Crippen LogP contribution in [0.4, 0.5) is 18.9 Å². The van der Waals surface area contributed by atoms with Crippen LogP contribution in [-0.4, -0.2) is 22.8 Å². The molecule has 2 N–H and O–H groups in total. The summed E-state index contributed by atoms with van der Waals surface area (Å²) in [5, 5.41) is 11.3. The molecule has 0 heterocycles. The summed E-state index contributed by atoms with van der Waals surface area (Å²) in [6.07, 6.45) is -4.23. The molecule has 0 aliphatic rings. The fourth-order valence-corrected chi connectivity index (χ4v) is 1.46. The number of aliphatic hydroxyl groups is 1. The first-order chi connectivity index (χ1) is 8.59. The van der Waals surface area contributed by atoms with E-state index in [-0.39, 0.29) is 5.69 Å². The highest BCUT2D eigenvalue weighted by Crippen LogP contribution is 2.31. The molecule has 1 amide bonds. The quantitative estimate of drug-likeness (QED) is 0.891. The Morgan fingerprint density at radius 1 is 1.37 bits per heavy atom. The minimum Gasteiger partial charge on any atom is -0.373 e. The van der Waals surface area contributed by atoms with Crippen LogP contribution < -0.4 is 5.32 Å². The number of halogens is 3. The molecule has 0 aliphatic carbocycles. The molecule has 0 bridgehead atoms. The van der Waals surface area contributed by atoms with Crippen molar-refractivity contribution in [2.45, 2.75) is 39.0 Å². The predicted molar refractivity (Wildman–Crippen MR) is 65.9 cm³/mol. The summed E-state index contributed by atoms with van der Waals surface area (Å²) in [5.41, 5.74) is -1.50. The number of benzene rings is 1. The average molecular weight is 275 g/mol. The van der Waals surface area contributed by atoms with Gasteiger partial charge < -0.3 is 10.4 Å². The zero-order valence-corrected chi connectivity index (χ0v) is 10.9. The Hall–Kier alpha value is -1.56. The van der Waals surface area contributed by atoms with Crippen molar-refractivity contribution in [1.82, 2.24) is 0 Å². The SMILES string of the molecule is CCc1ccc(NC(=O)C(C)(O)C(F)(F)F)c(C)c1. The number of carbonyl (C=O) groups excluding carboxylic acids is 1. The predicted octanol–water partition coefficient (Wildman–Crippen LogP) is 2.81. The topological polar surface area (TPSA) is 49.3 Å². The Morgan fingerprint density at radius 3 is 2.37 bits per heavy atom. The second-order valence-electron chi connectivity index (χ2n) is 4.53. The zero-order valence-electron chi connectivity index (χ0n) is 10.9. The third-order valence-electron chi connectivity index (χ3n) is 2.94. The van der Waals surface area contributed by atoms with Crippen LogP contribution in [0.3, 0.4) is 0 Å². The van der Waals surface area contributed by atoms with Gasteiger partial charge >= 0.3 is 6.18 Å². The summed E-state index contributed by atoms with van der Waals surface area (Å²) in [7, 11) is 0. The van der Waals surface area contributed by atoms with E-state index in [1.54, 1.807) is 19.1 Å². The first-order valence-corrected chi connectivity index (χ1v) is 5.79. The average Bonchev–Trinajstić information content (AvgIpc) is 2.30. The zero-order chi connectivity index (χ0) is 14.8. The van der Waals surface area contributed by atoms with E-state index in [0.29, 0.717) is 12.5 Å². The van der Waals surface area contributed by atoms with Gasteiger partial charge in [-0.3, -0.25) is 4.79 Å². The number of hydrogen-bond acceptors (Lipinski definition) is 2. The third-order valence-corrected chi connectivity index (χ3v) is 2.94. The number of aryl methyl sites for hydroxylation is 2. The summed E-state index contributed by atoms with van der Waals surface area (Å²) in [5.74, 6) is -1.49. The summed E-state index contributed by atoms with van der Waals surface area (Å²) in [6.45, 7) is 4.05. The number of nitrogens with one attached hydrogen (secondary N) is 1. The summed E-state index contributed by atoms with van der Waals surface area (Å²) < 4.78 is 37.5. The molecule has 1 rings (SSSR count). The van der Waals surface area contributed by atoms with E-state index in [9.17, 15) is 23.1 Å². The number of carbonyl (C=O) groups is 1. The molecule has 3 nitrogen and oxygen atoms in total. The van der Waals surface area contributed by atoms with Gasteiger partial charge in [0.1, 0.15) is 0 Å². The minimum absolute atomic E-state index is 0.256. The molecule has 0 aliphatic heterocycles. The number of hydrogen-bond donors (Lipinski definition) is 2.